The molecule has 1 aliphatic rings. The first-order valence-electron chi connectivity index (χ1n) is 8.43. The summed E-state index contributed by atoms with van der Waals surface area (Å²) in [5.74, 6) is 0.220. The molecule has 0 unspecified atom stereocenters. The van der Waals surface area contributed by atoms with Crippen LogP contribution in [0.3, 0.4) is 0 Å². The zero-order valence-corrected chi connectivity index (χ0v) is 15.0. The van der Waals surface area contributed by atoms with Crippen LogP contribution in [0.15, 0.2) is 46.0 Å². The molecule has 3 heterocycles. The zero-order chi connectivity index (χ0) is 20.8. The molecule has 0 aliphatic carbocycles. The highest BCUT2D eigenvalue weighted by atomic mass is 19.4. The first kappa shape index (κ1) is 18.7. The SMILES string of the molecule is C=C/C=C(\C)c1onc(-c2noc3c2COc2cc(C=O)ccc2-3)c1C(F)(F)F. The molecule has 0 atom stereocenters. The highest BCUT2D eigenvalue weighted by Crippen LogP contribution is 2.46. The van der Waals surface area contributed by atoms with Crippen molar-refractivity contribution in [3.63, 3.8) is 0 Å². The summed E-state index contributed by atoms with van der Waals surface area (Å²) < 4.78 is 57.4. The van der Waals surface area contributed by atoms with Gasteiger partial charge in [0, 0.05) is 5.56 Å². The molecule has 0 bridgehead atoms. The molecule has 9 heteroatoms. The fourth-order valence-electron chi connectivity index (χ4n) is 3.15. The van der Waals surface area contributed by atoms with Crippen LogP contribution >= 0.6 is 0 Å². The highest BCUT2D eigenvalue weighted by Gasteiger charge is 2.43. The lowest BCUT2D eigenvalue weighted by atomic mass is 9.99. The van der Waals surface area contributed by atoms with Gasteiger partial charge in [0.05, 0.1) is 11.1 Å². The Morgan fingerprint density at radius 2 is 1.97 bits per heavy atom. The number of benzene rings is 1. The third-order valence-corrected chi connectivity index (χ3v) is 4.47. The van der Waals surface area contributed by atoms with Gasteiger partial charge in [-0.1, -0.05) is 35.1 Å². The Balaban J connectivity index is 1.88. The maximum Gasteiger partial charge on any atom is 0.422 e. The van der Waals surface area contributed by atoms with E-state index in [2.05, 4.69) is 16.9 Å². The smallest absolute Gasteiger partial charge is 0.422 e. The second-order valence-corrected chi connectivity index (χ2v) is 6.32. The van der Waals surface area contributed by atoms with Crippen LogP contribution < -0.4 is 4.74 Å². The second-order valence-electron chi connectivity index (χ2n) is 6.32. The number of hydrogen-bond donors (Lipinski definition) is 0. The van der Waals surface area contributed by atoms with E-state index in [0.29, 0.717) is 28.7 Å². The number of ether oxygens (including phenoxy) is 1. The standard InChI is InChI=1S/C20H13F3N2O4/c1-3-4-10(2)18-15(20(21,22)23)17(25-28-18)16-13-9-27-14-7-11(8-26)5-6-12(14)19(13)29-24-16/h3-8H,1,9H2,2H3/b10-4+. The molecule has 4 rings (SSSR count). The van der Waals surface area contributed by atoms with Gasteiger partial charge in [-0.25, -0.2) is 0 Å². The molecule has 3 aromatic rings. The van der Waals surface area contributed by atoms with E-state index >= 15 is 0 Å². The molecule has 2 aromatic heterocycles. The van der Waals surface area contributed by atoms with Gasteiger partial charge in [-0.2, -0.15) is 13.2 Å². The fourth-order valence-corrected chi connectivity index (χ4v) is 3.15. The lowest BCUT2D eigenvalue weighted by molar-refractivity contribution is -0.137. The molecule has 6 nitrogen and oxygen atoms in total. The summed E-state index contributed by atoms with van der Waals surface area (Å²) in [5, 5.41) is 7.44. The fraction of sp³-hybridized carbons (Fsp3) is 0.150. The lowest BCUT2D eigenvalue weighted by Gasteiger charge is -2.16. The monoisotopic (exact) mass is 402 g/mol. The Morgan fingerprint density at radius 1 is 1.21 bits per heavy atom. The van der Waals surface area contributed by atoms with Gasteiger partial charge in [-0.3, -0.25) is 4.79 Å². The molecule has 29 heavy (non-hydrogen) atoms. The molecule has 0 saturated heterocycles. The van der Waals surface area contributed by atoms with Gasteiger partial charge in [-0.15, -0.1) is 0 Å². The Bertz CT molecular complexity index is 1160. The van der Waals surface area contributed by atoms with Gasteiger partial charge in [0.15, 0.2) is 11.5 Å². The van der Waals surface area contributed by atoms with Crippen molar-refractivity contribution in [3.8, 4) is 28.5 Å². The first-order chi connectivity index (χ1) is 13.8. The van der Waals surface area contributed by atoms with Crippen LogP contribution in [0.1, 0.15) is 34.2 Å². The van der Waals surface area contributed by atoms with Crippen molar-refractivity contribution in [2.45, 2.75) is 19.7 Å². The van der Waals surface area contributed by atoms with Crippen molar-refractivity contribution in [2.75, 3.05) is 0 Å². The summed E-state index contributed by atoms with van der Waals surface area (Å²) in [6.07, 6.45) is -1.33. The molecule has 148 valence electrons. The zero-order valence-electron chi connectivity index (χ0n) is 15.0. The number of fused-ring (bicyclic) bond motifs is 3. The number of aromatic nitrogens is 2. The normalized spacial score (nSPS) is 13.4. The summed E-state index contributed by atoms with van der Waals surface area (Å²) in [4.78, 5) is 10.9. The minimum Gasteiger partial charge on any atom is -0.488 e. The van der Waals surface area contributed by atoms with Gasteiger partial charge in [0.2, 0.25) is 0 Å². The number of nitrogens with zero attached hydrogens (tertiary/aromatic N) is 2. The minimum atomic E-state index is -4.74. The number of carbonyl (C=O) groups excluding carboxylic acids is 1. The van der Waals surface area contributed by atoms with Crippen LogP contribution in [0.2, 0.25) is 0 Å². The molecule has 1 aliphatic heterocycles. The van der Waals surface area contributed by atoms with Crippen LogP contribution in [0, 0.1) is 0 Å². The Hall–Kier alpha value is -3.62. The largest absolute Gasteiger partial charge is 0.488 e. The average Bonchev–Trinajstić information content (AvgIpc) is 3.31. The third kappa shape index (κ3) is 3.04. The lowest BCUT2D eigenvalue weighted by Crippen LogP contribution is -2.10. The molecular formula is C20H13F3N2O4. The van der Waals surface area contributed by atoms with Gasteiger partial charge in [0.1, 0.15) is 35.6 Å². The summed E-state index contributed by atoms with van der Waals surface area (Å²) in [5.41, 5.74) is -0.234. The van der Waals surface area contributed by atoms with Gasteiger partial charge in [-0.05, 0) is 24.6 Å². The molecule has 0 radical (unpaired) electrons. The van der Waals surface area contributed by atoms with E-state index in [1.54, 1.807) is 12.1 Å². The van der Waals surface area contributed by atoms with Crippen LogP contribution in [0.5, 0.6) is 5.75 Å². The minimum absolute atomic E-state index is 0.0928. The molecule has 0 spiro atoms. The maximum absolute atomic E-state index is 13.8. The van der Waals surface area contributed by atoms with Crippen LogP contribution in [0.4, 0.5) is 13.2 Å². The van der Waals surface area contributed by atoms with Crippen LogP contribution in [-0.2, 0) is 12.8 Å². The summed E-state index contributed by atoms with van der Waals surface area (Å²) in [7, 11) is 0. The predicted octanol–water partition coefficient (Wildman–Crippen LogP) is 5.31. The molecular weight excluding hydrogens is 389 g/mol. The molecule has 0 N–H and O–H groups in total. The van der Waals surface area contributed by atoms with Gasteiger partial charge >= 0.3 is 6.18 Å². The van der Waals surface area contributed by atoms with Crippen LogP contribution in [0.25, 0.3) is 28.3 Å². The summed E-state index contributed by atoms with van der Waals surface area (Å²) in [6.45, 7) is 4.85. The Labute approximate surface area is 162 Å². The number of halogens is 3. The number of alkyl halides is 3. The second kappa shape index (κ2) is 6.77. The number of allylic oxidation sites excluding steroid dienone is 3. The maximum atomic E-state index is 13.8. The first-order valence-corrected chi connectivity index (χ1v) is 8.43. The van der Waals surface area contributed by atoms with Crippen LogP contribution in [-0.4, -0.2) is 16.6 Å². The van der Waals surface area contributed by atoms with E-state index in [1.165, 1.54) is 25.1 Å². The molecule has 0 amide bonds. The van der Waals surface area contributed by atoms with Crippen molar-refractivity contribution in [1.29, 1.82) is 0 Å². The van der Waals surface area contributed by atoms with Gasteiger partial charge < -0.3 is 13.8 Å². The Morgan fingerprint density at radius 3 is 2.66 bits per heavy atom. The van der Waals surface area contributed by atoms with E-state index in [4.69, 9.17) is 13.8 Å². The quantitative estimate of drug-likeness (QED) is 0.435. The number of aldehydes is 1. The van der Waals surface area contributed by atoms with Gasteiger partial charge in [0.25, 0.3) is 0 Å². The third-order valence-electron chi connectivity index (χ3n) is 4.47. The predicted molar refractivity (Wildman–Crippen MR) is 96.0 cm³/mol. The number of rotatable bonds is 4. The number of carbonyl (C=O) groups is 1. The Kier molecular flexibility index (Phi) is 4.37. The van der Waals surface area contributed by atoms with E-state index in [0.717, 1.165) is 0 Å². The van der Waals surface area contributed by atoms with Crippen molar-refractivity contribution in [3.05, 3.63) is 59.4 Å². The number of hydrogen-bond acceptors (Lipinski definition) is 6. The highest BCUT2D eigenvalue weighted by molar-refractivity contribution is 5.83. The van der Waals surface area contributed by atoms with Crippen molar-refractivity contribution in [2.24, 2.45) is 0 Å². The van der Waals surface area contributed by atoms with Crippen molar-refractivity contribution >= 4 is 11.9 Å². The van der Waals surface area contributed by atoms with E-state index in [1.807, 2.05) is 0 Å². The topological polar surface area (TPSA) is 78.4 Å². The van der Waals surface area contributed by atoms with E-state index in [9.17, 15) is 18.0 Å². The summed E-state index contributed by atoms with van der Waals surface area (Å²) >= 11 is 0. The molecule has 0 fully saturated rings. The molecule has 1 aromatic carbocycles. The van der Waals surface area contributed by atoms with Crippen molar-refractivity contribution in [1.82, 2.24) is 10.3 Å². The summed E-state index contributed by atoms with van der Waals surface area (Å²) in [6, 6.07) is 4.65. The van der Waals surface area contributed by atoms with Crippen molar-refractivity contribution < 1.29 is 31.7 Å². The average molecular weight is 402 g/mol. The van der Waals surface area contributed by atoms with E-state index in [-0.39, 0.29) is 23.6 Å². The van der Waals surface area contributed by atoms with E-state index < -0.39 is 23.2 Å². The molecule has 0 saturated carbocycles.